The minimum atomic E-state index is -3.56. The Labute approximate surface area is 203 Å². The first kappa shape index (κ1) is 23.0. The van der Waals surface area contributed by atoms with Crippen LogP contribution in [0.25, 0.3) is 21.0 Å². The monoisotopic (exact) mass is 493 g/mol. The summed E-state index contributed by atoms with van der Waals surface area (Å²) in [6, 6.07) is 18.5. The number of carbonyl (C=O) groups is 1. The molecule has 1 amide bonds. The zero-order chi connectivity index (χ0) is 23.9. The summed E-state index contributed by atoms with van der Waals surface area (Å²) in [4.78, 5) is 18.3. The maximum absolute atomic E-state index is 13.0. The number of aromatic nitrogens is 1. The fourth-order valence-corrected chi connectivity index (χ4v) is 7.36. The van der Waals surface area contributed by atoms with Gasteiger partial charge in [0, 0.05) is 30.6 Å². The first-order chi connectivity index (χ1) is 16.4. The molecule has 1 unspecified atom stereocenters. The van der Waals surface area contributed by atoms with Gasteiger partial charge in [-0.05, 0) is 61.4 Å². The molecule has 5 rings (SSSR count). The Morgan fingerprint density at radius 2 is 1.85 bits per heavy atom. The lowest BCUT2D eigenvalue weighted by atomic mass is 10.0. The van der Waals surface area contributed by atoms with Crippen LogP contribution >= 0.6 is 11.3 Å². The summed E-state index contributed by atoms with van der Waals surface area (Å²) in [6.07, 6.45) is 1.92. The molecule has 34 heavy (non-hydrogen) atoms. The topological polar surface area (TPSA) is 71.7 Å². The van der Waals surface area contributed by atoms with Gasteiger partial charge in [0.15, 0.2) is 4.80 Å². The standard InChI is InChI=1S/C26H27N3O3S2/c1-3-29-24-22-9-5-4-8-19(22)12-15-23(24)33-26(29)27-25(30)20-10-13-21(14-11-20)34(31,32)28-16-6-7-18(2)17-28/h4-5,8-15,18H,3,6-7,16-17H2,1-2H3. The molecule has 0 aliphatic carbocycles. The Morgan fingerprint density at radius 1 is 1.09 bits per heavy atom. The minimum absolute atomic E-state index is 0.218. The number of benzene rings is 3. The highest BCUT2D eigenvalue weighted by Gasteiger charge is 2.28. The number of sulfonamides is 1. The average molecular weight is 494 g/mol. The largest absolute Gasteiger partial charge is 0.316 e. The van der Waals surface area contributed by atoms with Crippen LogP contribution in [-0.2, 0) is 16.6 Å². The summed E-state index contributed by atoms with van der Waals surface area (Å²) in [5, 5.41) is 2.28. The molecule has 2 heterocycles. The maximum atomic E-state index is 13.0. The second-order valence-corrected chi connectivity index (χ2v) is 11.8. The molecule has 1 atom stereocenters. The molecule has 1 aromatic heterocycles. The van der Waals surface area contributed by atoms with Crippen LogP contribution in [0.5, 0.6) is 0 Å². The molecule has 176 valence electrons. The second kappa shape index (κ2) is 9.09. The van der Waals surface area contributed by atoms with Gasteiger partial charge in [0.25, 0.3) is 5.91 Å². The van der Waals surface area contributed by atoms with Gasteiger partial charge in [-0.25, -0.2) is 8.42 Å². The molecular weight excluding hydrogens is 466 g/mol. The Hall–Kier alpha value is -2.81. The lowest BCUT2D eigenvalue weighted by Crippen LogP contribution is -2.39. The molecule has 0 spiro atoms. The molecule has 0 bridgehead atoms. The smallest absolute Gasteiger partial charge is 0.279 e. The lowest BCUT2D eigenvalue weighted by molar-refractivity contribution is 0.0997. The number of hydrogen-bond donors (Lipinski definition) is 0. The number of rotatable bonds is 4. The zero-order valence-corrected chi connectivity index (χ0v) is 20.9. The van der Waals surface area contributed by atoms with Crippen LogP contribution in [-0.4, -0.2) is 36.3 Å². The predicted octanol–water partition coefficient (Wildman–Crippen LogP) is 5.04. The van der Waals surface area contributed by atoms with E-state index in [9.17, 15) is 13.2 Å². The average Bonchev–Trinajstić information content (AvgIpc) is 3.21. The fraction of sp³-hybridized carbons (Fsp3) is 0.308. The van der Waals surface area contributed by atoms with E-state index < -0.39 is 10.0 Å². The predicted molar refractivity (Wildman–Crippen MR) is 136 cm³/mol. The highest BCUT2D eigenvalue weighted by Crippen LogP contribution is 2.27. The van der Waals surface area contributed by atoms with E-state index in [0.717, 1.165) is 33.8 Å². The molecule has 1 saturated heterocycles. The van der Waals surface area contributed by atoms with Crippen LogP contribution in [0.3, 0.4) is 0 Å². The third kappa shape index (κ3) is 4.10. The first-order valence-electron chi connectivity index (χ1n) is 11.6. The molecule has 1 aliphatic heterocycles. The number of amides is 1. The van der Waals surface area contributed by atoms with Crippen LogP contribution in [0.4, 0.5) is 0 Å². The number of aryl methyl sites for hydroxylation is 1. The lowest BCUT2D eigenvalue weighted by Gasteiger charge is -2.30. The normalized spacial score (nSPS) is 18.1. The molecular formula is C26H27N3O3S2. The molecule has 1 aliphatic rings. The number of nitrogens with zero attached hydrogens (tertiary/aromatic N) is 3. The van der Waals surface area contributed by atoms with Gasteiger partial charge in [-0.2, -0.15) is 9.30 Å². The Kier molecular flexibility index (Phi) is 6.14. The molecule has 0 N–H and O–H groups in total. The van der Waals surface area contributed by atoms with Crippen molar-refractivity contribution in [3.05, 3.63) is 71.0 Å². The summed E-state index contributed by atoms with van der Waals surface area (Å²) >= 11 is 1.49. The molecule has 1 fully saturated rings. The van der Waals surface area contributed by atoms with Crippen LogP contribution in [0.15, 0.2) is 70.6 Å². The van der Waals surface area contributed by atoms with Crippen molar-refractivity contribution in [2.24, 2.45) is 10.9 Å². The summed E-state index contributed by atoms with van der Waals surface area (Å²) < 4.78 is 30.7. The van der Waals surface area contributed by atoms with Crippen molar-refractivity contribution in [3.63, 3.8) is 0 Å². The number of hydrogen-bond acceptors (Lipinski definition) is 4. The second-order valence-electron chi connectivity index (χ2n) is 8.81. The van der Waals surface area contributed by atoms with Gasteiger partial charge in [0.2, 0.25) is 10.0 Å². The summed E-state index contributed by atoms with van der Waals surface area (Å²) in [7, 11) is -3.56. The summed E-state index contributed by atoms with van der Waals surface area (Å²) in [5.74, 6) is -0.0273. The van der Waals surface area contributed by atoms with Gasteiger partial charge in [0.1, 0.15) is 0 Å². The molecule has 0 saturated carbocycles. The van der Waals surface area contributed by atoms with Crippen LogP contribution < -0.4 is 4.80 Å². The number of carbonyl (C=O) groups excluding carboxylic acids is 1. The van der Waals surface area contributed by atoms with Crippen molar-refractivity contribution in [2.75, 3.05) is 13.1 Å². The number of fused-ring (bicyclic) bond motifs is 3. The molecule has 8 heteroatoms. The maximum Gasteiger partial charge on any atom is 0.279 e. The van der Waals surface area contributed by atoms with Crippen LogP contribution in [0, 0.1) is 5.92 Å². The van der Waals surface area contributed by atoms with Crippen molar-refractivity contribution in [1.29, 1.82) is 0 Å². The van der Waals surface area contributed by atoms with Gasteiger partial charge in [-0.1, -0.05) is 48.6 Å². The molecule has 6 nitrogen and oxygen atoms in total. The quantitative estimate of drug-likeness (QED) is 0.400. The van der Waals surface area contributed by atoms with E-state index in [1.165, 1.54) is 23.5 Å². The van der Waals surface area contributed by atoms with Crippen molar-refractivity contribution in [2.45, 2.75) is 38.1 Å². The summed E-state index contributed by atoms with van der Waals surface area (Å²) in [5.41, 5.74) is 1.45. The van der Waals surface area contributed by atoms with Gasteiger partial charge in [-0.3, -0.25) is 4.79 Å². The minimum Gasteiger partial charge on any atom is -0.316 e. The zero-order valence-electron chi connectivity index (χ0n) is 19.3. The van der Waals surface area contributed by atoms with E-state index in [-0.39, 0.29) is 10.8 Å². The van der Waals surface area contributed by atoms with E-state index >= 15 is 0 Å². The highest BCUT2D eigenvalue weighted by atomic mass is 32.2. The SMILES string of the molecule is CCn1c(=NC(=O)c2ccc(S(=O)(=O)N3CCCC(C)C3)cc2)sc2ccc3ccccc3c21. The molecule has 3 aromatic carbocycles. The third-order valence-corrected chi connectivity index (χ3v) is 9.36. The van der Waals surface area contributed by atoms with Crippen LogP contribution in [0.1, 0.15) is 37.0 Å². The van der Waals surface area contributed by atoms with Gasteiger partial charge in [-0.15, -0.1) is 0 Å². The van der Waals surface area contributed by atoms with E-state index in [1.807, 2.05) is 19.1 Å². The van der Waals surface area contributed by atoms with Gasteiger partial charge in [0.05, 0.1) is 15.1 Å². The third-order valence-electron chi connectivity index (χ3n) is 6.44. The number of thiazole rings is 1. The highest BCUT2D eigenvalue weighted by molar-refractivity contribution is 7.89. The molecule has 4 aromatic rings. The van der Waals surface area contributed by atoms with Crippen molar-refractivity contribution >= 4 is 48.3 Å². The summed E-state index contributed by atoms with van der Waals surface area (Å²) in [6.45, 7) is 5.88. The van der Waals surface area contributed by atoms with Crippen molar-refractivity contribution in [1.82, 2.24) is 8.87 Å². The Balaban J connectivity index is 1.49. The van der Waals surface area contributed by atoms with Crippen molar-refractivity contribution < 1.29 is 13.2 Å². The van der Waals surface area contributed by atoms with Crippen LogP contribution in [0.2, 0.25) is 0 Å². The van der Waals surface area contributed by atoms with Gasteiger partial charge >= 0.3 is 0 Å². The van der Waals surface area contributed by atoms with Gasteiger partial charge < -0.3 is 4.57 Å². The van der Waals surface area contributed by atoms with E-state index in [0.29, 0.717) is 35.9 Å². The van der Waals surface area contributed by atoms with E-state index in [2.05, 4.69) is 40.7 Å². The van der Waals surface area contributed by atoms with Crippen molar-refractivity contribution in [3.8, 4) is 0 Å². The van der Waals surface area contributed by atoms with E-state index in [4.69, 9.17) is 0 Å². The number of piperidine rings is 1. The van der Waals surface area contributed by atoms with E-state index in [1.54, 1.807) is 16.4 Å². The fourth-order valence-electron chi connectivity index (χ4n) is 4.66. The first-order valence-corrected chi connectivity index (χ1v) is 13.8. The Morgan fingerprint density at radius 3 is 2.59 bits per heavy atom. The molecule has 0 radical (unpaired) electrons. The Bertz CT molecular complexity index is 1550.